The second-order valence-electron chi connectivity index (χ2n) is 3.71. The van der Waals surface area contributed by atoms with Gasteiger partial charge in [-0.05, 0) is 24.3 Å². The lowest BCUT2D eigenvalue weighted by molar-refractivity contribution is 0.176. The molecular weight excluding hydrogens is 210 g/mol. The van der Waals surface area contributed by atoms with E-state index in [0.717, 1.165) is 24.3 Å². The summed E-state index contributed by atoms with van der Waals surface area (Å²) in [7, 11) is 0. The van der Waals surface area contributed by atoms with E-state index in [9.17, 15) is 4.79 Å². The van der Waals surface area contributed by atoms with Gasteiger partial charge < -0.3 is 5.73 Å². The van der Waals surface area contributed by atoms with E-state index in [-0.39, 0.29) is 11.6 Å². The van der Waals surface area contributed by atoms with Crippen molar-refractivity contribution in [3.05, 3.63) is 0 Å². The zero-order valence-electron chi connectivity index (χ0n) is 8.40. The average molecular weight is 223 g/mol. The lowest BCUT2D eigenvalue weighted by Gasteiger charge is -2.39. The zero-order chi connectivity index (χ0) is 10.9. The maximum absolute atomic E-state index is 11.6. The minimum absolute atomic E-state index is 0.280. The number of hydrogen-bond donors (Lipinski definition) is 1. The molecule has 1 saturated heterocycles. The largest absolute Gasteiger partial charge is 0.385 e. The number of terminal acetylenes is 1. The molecule has 80 valence electrons. The Morgan fingerprint density at radius 1 is 1.60 bits per heavy atom. The molecule has 0 atom stereocenters. The Bertz CT molecular complexity index is 352. The van der Waals surface area contributed by atoms with Crippen molar-refractivity contribution in [1.29, 1.82) is 0 Å². The molecule has 2 heterocycles. The first kappa shape index (κ1) is 10.4. The first-order valence-electron chi connectivity index (χ1n) is 4.88. The molecule has 2 aliphatic rings. The second-order valence-corrected chi connectivity index (χ2v) is 4.94. The third kappa shape index (κ3) is 1.49. The number of urea groups is 1. The van der Waals surface area contributed by atoms with Crippen LogP contribution in [0.25, 0.3) is 0 Å². The minimum atomic E-state index is -0.380. The molecule has 0 aromatic heterocycles. The van der Waals surface area contributed by atoms with Crippen molar-refractivity contribution in [2.45, 2.75) is 18.4 Å². The van der Waals surface area contributed by atoms with Crippen LogP contribution < -0.4 is 5.73 Å². The highest BCUT2D eigenvalue weighted by Crippen LogP contribution is 2.36. The van der Waals surface area contributed by atoms with Crippen molar-refractivity contribution in [3.8, 4) is 12.3 Å². The molecule has 0 unspecified atom stereocenters. The van der Waals surface area contributed by atoms with Crippen LogP contribution in [-0.4, -0.2) is 40.4 Å². The van der Waals surface area contributed by atoms with Crippen LogP contribution in [0.3, 0.4) is 0 Å². The van der Waals surface area contributed by atoms with Gasteiger partial charge in [-0.15, -0.1) is 6.42 Å². The van der Waals surface area contributed by atoms with E-state index in [1.165, 1.54) is 0 Å². The highest BCUT2D eigenvalue weighted by Gasteiger charge is 2.48. The summed E-state index contributed by atoms with van der Waals surface area (Å²) >= 11 is 1.88. The van der Waals surface area contributed by atoms with Gasteiger partial charge in [0.05, 0.1) is 6.54 Å². The van der Waals surface area contributed by atoms with Crippen molar-refractivity contribution < 1.29 is 4.79 Å². The van der Waals surface area contributed by atoms with Gasteiger partial charge in [-0.1, -0.05) is 5.92 Å². The van der Waals surface area contributed by atoms with Crippen LogP contribution in [0.15, 0.2) is 4.99 Å². The lowest BCUT2D eigenvalue weighted by Crippen LogP contribution is -2.56. The number of rotatable bonds is 1. The van der Waals surface area contributed by atoms with Crippen LogP contribution in [0.5, 0.6) is 0 Å². The van der Waals surface area contributed by atoms with Gasteiger partial charge in [-0.25, -0.2) is 4.79 Å². The predicted octanol–water partition coefficient (Wildman–Crippen LogP) is 0.678. The first-order valence-corrected chi connectivity index (χ1v) is 6.03. The number of amides is 2. The van der Waals surface area contributed by atoms with Gasteiger partial charge in [0.1, 0.15) is 11.4 Å². The molecule has 2 aliphatic heterocycles. The van der Waals surface area contributed by atoms with E-state index in [2.05, 4.69) is 10.9 Å². The van der Waals surface area contributed by atoms with Crippen LogP contribution in [0.1, 0.15) is 12.8 Å². The van der Waals surface area contributed by atoms with Crippen molar-refractivity contribution in [2.24, 2.45) is 10.7 Å². The number of aliphatic imine (C=N–C) groups is 1. The highest BCUT2D eigenvalue weighted by molar-refractivity contribution is 7.99. The van der Waals surface area contributed by atoms with Gasteiger partial charge in [-0.2, -0.15) is 16.8 Å². The van der Waals surface area contributed by atoms with Crippen LogP contribution in [0.2, 0.25) is 0 Å². The molecule has 4 nitrogen and oxygen atoms in total. The molecule has 0 saturated carbocycles. The molecule has 0 aliphatic carbocycles. The van der Waals surface area contributed by atoms with Gasteiger partial charge in [0.2, 0.25) is 0 Å². The van der Waals surface area contributed by atoms with Crippen molar-refractivity contribution in [3.63, 3.8) is 0 Å². The van der Waals surface area contributed by atoms with Crippen LogP contribution in [-0.2, 0) is 0 Å². The molecule has 0 bridgehead atoms. The molecule has 2 amide bonds. The van der Waals surface area contributed by atoms with Crippen LogP contribution in [0.4, 0.5) is 4.79 Å². The lowest BCUT2D eigenvalue weighted by atomic mass is 9.90. The number of hydrogen-bond acceptors (Lipinski definition) is 3. The zero-order valence-corrected chi connectivity index (χ0v) is 9.22. The summed E-state index contributed by atoms with van der Waals surface area (Å²) in [6, 6.07) is -0.280. The number of carbonyl (C=O) groups is 1. The monoisotopic (exact) mass is 223 g/mol. The van der Waals surface area contributed by atoms with E-state index < -0.39 is 0 Å². The summed E-state index contributed by atoms with van der Waals surface area (Å²) in [5, 5.41) is 0. The first-order chi connectivity index (χ1) is 7.20. The minimum Gasteiger partial charge on any atom is -0.385 e. The Morgan fingerprint density at radius 2 is 2.27 bits per heavy atom. The normalized spacial score (nSPS) is 24.1. The number of amidine groups is 1. The highest BCUT2D eigenvalue weighted by atomic mass is 32.2. The summed E-state index contributed by atoms with van der Waals surface area (Å²) in [6.07, 6.45) is 6.99. The number of thioether (sulfide) groups is 1. The van der Waals surface area contributed by atoms with E-state index >= 15 is 0 Å². The molecule has 2 rings (SSSR count). The fraction of sp³-hybridized carbons (Fsp3) is 0.600. The fourth-order valence-corrected chi connectivity index (χ4v) is 3.30. The third-order valence-corrected chi connectivity index (χ3v) is 4.00. The maximum atomic E-state index is 11.6. The molecule has 0 radical (unpaired) electrons. The second kappa shape index (κ2) is 3.78. The quantitative estimate of drug-likeness (QED) is 0.665. The van der Waals surface area contributed by atoms with Crippen molar-refractivity contribution in [1.82, 2.24) is 4.90 Å². The SMILES string of the molecule is C#CCN1C(=O)N=C(N)C12CCSCC2. The summed E-state index contributed by atoms with van der Waals surface area (Å²) in [5.74, 6) is 4.96. The molecule has 1 fully saturated rings. The molecule has 15 heavy (non-hydrogen) atoms. The molecule has 1 spiro atoms. The predicted molar refractivity (Wildman–Crippen MR) is 61.8 cm³/mol. The Kier molecular flexibility index (Phi) is 2.61. The van der Waals surface area contributed by atoms with E-state index in [1.807, 2.05) is 11.8 Å². The summed E-state index contributed by atoms with van der Waals surface area (Å²) in [5.41, 5.74) is 5.48. The maximum Gasteiger partial charge on any atom is 0.346 e. The van der Waals surface area contributed by atoms with Gasteiger partial charge in [0.15, 0.2) is 0 Å². The molecule has 0 aromatic carbocycles. The number of nitrogens with two attached hydrogens (primary N) is 1. The molecule has 2 N–H and O–H groups in total. The molecule has 5 heteroatoms. The summed E-state index contributed by atoms with van der Waals surface area (Å²) in [4.78, 5) is 17.1. The van der Waals surface area contributed by atoms with E-state index in [1.54, 1.807) is 4.90 Å². The Morgan fingerprint density at radius 3 is 2.87 bits per heavy atom. The van der Waals surface area contributed by atoms with Gasteiger partial charge in [-0.3, -0.25) is 4.90 Å². The number of carbonyl (C=O) groups excluding carboxylic acids is 1. The van der Waals surface area contributed by atoms with Crippen LogP contribution >= 0.6 is 11.8 Å². The topological polar surface area (TPSA) is 58.7 Å². The van der Waals surface area contributed by atoms with Crippen molar-refractivity contribution >= 4 is 23.6 Å². The van der Waals surface area contributed by atoms with E-state index in [0.29, 0.717) is 12.4 Å². The van der Waals surface area contributed by atoms with Gasteiger partial charge in [0.25, 0.3) is 0 Å². The summed E-state index contributed by atoms with van der Waals surface area (Å²) < 4.78 is 0. The number of nitrogens with zero attached hydrogens (tertiary/aromatic N) is 2. The van der Waals surface area contributed by atoms with E-state index in [4.69, 9.17) is 12.2 Å². The Balaban J connectivity index is 2.30. The average Bonchev–Trinajstić information content (AvgIpc) is 2.45. The molecular formula is C10H13N3OS. The Labute approximate surface area is 93.3 Å². The Hall–Kier alpha value is -1.15. The van der Waals surface area contributed by atoms with Crippen LogP contribution in [0, 0.1) is 12.3 Å². The molecule has 0 aromatic rings. The fourth-order valence-electron chi connectivity index (χ4n) is 2.13. The van der Waals surface area contributed by atoms with Gasteiger partial charge >= 0.3 is 6.03 Å². The third-order valence-electron chi connectivity index (χ3n) is 3.01. The van der Waals surface area contributed by atoms with Crippen molar-refractivity contribution in [2.75, 3.05) is 18.1 Å². The standard InChI is InChI=1S/C10H13N3OS/c1-2-5-13-9(14)12-8(11)10(13)3-6-15-7-4-10/h1H,3-7H2,(H2,11,12,14). The summed E-state index contributed by atoms with van der Waals surface area (Å²) in [6.45, 7) is 0.299. The van der Waals surface area contributed by atoms with Gasteiger partial charge in [0, 0.05) is 0 Å². The smallest absolute Gasteiger partial charge is 0.346 e.